The molecule has 0 aliphatic carbocycles. The summed E-state index contributed by atoms with van der Waals surface area (Å²) in [6, 6.07) is 12.4. The molecule has 5 heteroatoms. The molecule has 0 saturated carbocycles. The summed E-state index contributed by atoms with van der Waals surface area (Å²) in [4.78, 5) is 0.211. The summed E-state index contributed by atoms with van der Waals surface area (Å²) in [5, 5.41) is 1.57. The van der Waals surface area contributed by atoms with Gasteiger partial charge < -0.3 is 0 Å². The summed E-state index contributed by atoms with van der Waals surface area (Å²) >= 11 is 0. The summed E-state index contributed by atoms with van der Waals surface area (Å²) in [6.45, 7) is 0. The maximum absolute atomic E-state index is 11.6. The van der Waals surface area contributed by atoms with Gasteiger partial charge in [0.05, 0.1) is 7.11 Å². The van der Waals surface area contributed by atoms with Gasteiger partial charge in [0.25, 0.3) is 10.1 Å². The monoisotopic (exact) mass is 245 g/mol. The second-order valence-corrected chi connectivity index (χ2v) is 4.78. The Hall–Kier alpha value is -0.390. The van der Waals surface area contributed by atoms with Gasteiger partial charge >= 0.3 is 0 Å². The first kappa shape index (κ1) is 13.7. The standard InChI is InChI=1S/C11H10O3S.Na/c1-14-15(12,13)11-8-4-6-9-5-2-3-7-10(9)11;/h2-8H,1H3;. The molecule has 0 unspecified atom stereocenters. The largest absolute Gasteiger partial charge is 0.297 e. The van der Waals surface area contributed by atoms with Gasteiger partial charge in [0.1, 0.15) is 4.90 Å². The van der Waals surface area contributed by atoms with Gasteiger partial charge in [-0.25, -0.2) is 0 Å². The van der Waals surface area contributed by atoms with Crippen molar-refractivity contribution in [2.45, 2.75) is 4.90 Å². The first-order chi connectivity index (χ1) is 7.15. The molecule has 0 saturated heterocycles. The molecule has 2 aromatic carbocycles. The van der Waals surface area contributed by atoms with Crippen LogP contribution in [-0.4, -0.2) is 45.1 Å². The average Bonchev–Trinajstić information content (AvgIpc) is 2.28. The Labute approximate surface area is 117 Å². The molecule has 0 atom stereocenters. The smallest absolute Gasteiger partial charge is 0.270 e. The third-order valence-electron chi connectivity index (χ3n) is 2.24. The Morgan fingerprint density at radius 2 is 1.62 bits per heavy atom. The van der Waals surface area contributed by atoms with E-state index >= 15 is 0 Å². The third kappa shape index (κ3) is 2.47. The first-order valence-electron chi connectivity index (χ1n) is 4.43. The van der Waals surface area contributed by atoms with Gasteiger partial charge in [0.15, 0.2) is 0 Å². The Morgan fingerprint density at radius 3 is 2.31 bits per heavy atom. The van der Waals surface area contributed by atoms with Gasteiger partial charge in [0.2, 0.25) is 0 Å². The third-order valence-corrected chi connectivity index (χ3v) is 3.57. The van der Waals surface area contributed by atoms with E-state index in [4.69, 9.17) is 0 Å². The van der Waals surface area contributed by atoms with E-state index in [1.54, 1.807) is 24.3 Å². The van der Waals surface area contributed by atoms with E-state index in [0.717, 1.165) is 12.5 Å². The van der Waals surface area contributed by atoms with Crippen LogP contribution in [0.3, 0.4) is 0 Å². The van der Waals surface area contributed by atoms with E-state index in [-0.39, 0.29) is 34.5 Å². The van der Waals surface area contributed by atoms with Crippen LogP contribution in [0.15, 0.2) is 47.4 Å². The predicted octanol–water partition coefficient (Wildman–Crippen LogP) is 1.79. The second kappa shape index (κ2) is 5.29. The van der Waals surface area contributed by atoms with Crippen molar-refractivity contribution in [2.75, 3.05) is 7.11 Å². The average molecular weight is 245 g/mol. The minimum Gasteiger partial charge on any atom is -0.270 e. The molecule has 0 aromatic heterocycles. The maximum atomic E-state index is 11.6. The van der Waals surface area contributed by atoms with Crippen LogP contribution < -0.4 is 0 Å². The SMILES string of the molecule is COS(=O)(=O)c1cccc2ccccc12.[Na]. The van der Waals surface area contributed by atoms with Crippen LogP contribution in [0, 0.1) is 0 Å². The van der Waals surface area contributed by atoms with Gasteiger partial charge in [-0.3, -0.25) is 4.18 Å². The van der Waals surface area contributed by atoms with Crippen LogP contribution in [0.1, 0.15) is 0 Å². The van der Waals surface area contributed by atoms with Crippen molar-refractivity contribution in [3.63, 3.8) is 0 Å². The Balaban J connectivity index is 0.00000128. The number of rotatable bonds is 2. The first-order valence-corrected chi connectivity index (χ1v) is 5.84. The molecule has 0 N–H and O–H groups in total. The summed E-state index contributed by atoms with van der Waals surface area (Å²) in [5.41, 5.74) is 0. The van der Waals surface area contributed by atoms with E-state index in [9.17, 15) is 8.42 Å². The molecular weight excluding hydrogens is 235 g/mol. The van der Waals surface area contributed by atoms with E-state index in [0.29, 0.717) is 5.39 Å². The Morgan fingerprint density at radius 1 is 1.00 bits per heavy atom. The van der Waals surface area contributed by atoms with Crippen LogP contribution in [0.25, 0.3) is 10.8 Å². The normalized spacial score (nSPS) is 11.1. The molecule has 0 bridgehead atoms. The molecule has 0 spiro atoms. The molecule has 0 aliphatic rings. The molecule has 0 fully saturated rings. The minimum absolute atomic E-state index is 0. The topological polar surface area (TPSA) is 43.4 Å². The molecule has 2 rings (SSSR count). The summed E-state index contributed by atoms with van der Waals surface area (Å²) in [5.74, 6) is 0. The molecule has 1 radical (unpaired) electrons. The minimum atomic E-state index is -3.62. The van der Waals surface area contributed by atoms with Gasteiger partial charge in [-0.2, -0.15) is 8.42 Å². The van der Waals surface area contributed by atoms with Crippen LogP contribution in [-0.2, 0) is 14.3 Å². The van der Waals surface area contributed by atoms with Crippen molar-refractivity contribution >= 4 is 50.4 Å². The molecule has 0 heterocycles. The Bertz CT molecular complexity index is 588. The number of hydrogen-bond donors (Lipinski definition) is 0. The zero-order valence-electron chi connectivity index (χ0n) is 9.17. The molecule has 0 amide bonds. The van der Waals surface area contributed by atoms with Crippen molar-refractivity contribution in [1.82, 2.24) is 0 Å². The fraction of sp³-hybridized carbons (Fsp3) is 0.0909. The zero-order valence-corrected chi connectivity index (χ0v) is 12.0. The summed E-state index contributed by atoms with van der Waals surface area (Å²) in [7, 11) is -2.46. The quantitative estimate of drug-likeness (QED) is 0.598. The van der Waals surface area contributed by atoms with Gasteiger partial charge in [-0.05, 0) is 11.5 Å². The molecule has 3 nitrogen and oxygen atoms in total. The summed E-state index contributed by atoms with van der Waals surface area (Å²) in [6.07, 6.45) is 0. The number of benzene rings is 2. The molecular formula is C11H10NaO3S. The van der Waals surface area contributed by atoms with Crippen molar-refractivity contribution < 1.29 is 12.6 Å². The van der Waals surface area contributed by atoms with Gasteiger partial charge in [-0.1, -0.05) is 36.4 Å². The Kier molecular flexibility index (Phi) is 4.52. The van der Waals surface area contributed by atoms with Crippen molar-refractivity contribution in [1.29, 1.82) is 0 Å². The van der Waals surface area contributed by atoms with Crippen LogP contribution >= 0.6 is 0 Å². The van der Waals surface area contributed by atoms with Crippen LogP contribution in [0.2, 0.25) is 0 Å². The zero-order chi connectivity index (χ0) is 10.9. The van der Waals surface area contributed by atoms with E-state index in [2.05, 4.69) is 4.18 Å². The van der Waals surface area contributed by atoms with Crippen molar-refractivity contribution in [3.8, 4) is 0 Å². The number of fused-ring (bicyclic) bond motifs is 1. The van der Waals surface area contributed by atoms with Crippen molar-refractivity contribution in [2.24, 2.45) is 0 Å². The van der Waals surface area contributed by atoms with E-state index in [1.807, 2.05) is 18.2 Å². The number of hydrogen-bond acceptors (Lipinski definition) is 3. The fourth-order valence-electron chi connectivity index (χ4n) is 1.50. The van der Waals surface area contributed by atoms with E-state index < -0.39 is 10.1 Å². The van der Waals surface area contributed by atoms with Crippen LogP contribution in [0.4, 0.5) is 0 Å². The van der Waals surface area contributed by atoms with E-state index in [1.165, 1.54) is 0 Å². The molecule has 2 aromatic rings. The van der Waals surface area contributed by atoms with Gasteiger partial charge in [-0.15, -0.1) is 0 Å². The van der Waals surface area contributed by atoms with Crippen molar-refractivity contribution in [3.05, 3.63) is 42.5 Å². The van der Waals surface area contributed by atoms with Crippen LogP contribution in [0.5, 0.6) is 0 Å². The second-order valence-electron chi connectivity index (χ2n) is 3.10. The predicted molar refractivity (Wildman–Crippen MR) is 63.9 cm³/mol. The van der Waals surface area contributed by atoms with Gasteiger partial charge in [0, 0.05) is 34.9 Å². The summed E-state index contributed by atoms with van der Waals surface area (Å²) < 4.78 is 27.7. The fourth-order valence-corrected chi connectivity index (χ4v) is 2.38. The maximum Gasteiger partial charge on any atom is 0.297 e. The molecule has 0 aliphatic heterocycles. The molecule has 16 heavy (non-hydrogen) atoms. The molecule has 79 valence electrons.